The molecule has 0 bridgehead atoms. The van der Waals surface area contributed by atoms with E-state index in [2.05, 4.69) is 6.57 Å². The van der Waals surface area contributed by atoms with Gasteiger partial charge in [-0.3, -0.25) is 0 Å². The van der Waals surface area contributed by atoms with Gasteiger partial charge in [-0.2, -0.15) is 0 Å². The third-order valence-corrected chi connectivity index (χ3v) is 0. The van der Waals surface area contributed by atoms with Crippen molar-refractivity contribution in [2.75, 3.05) is 0 Å². The minimum absolute atomic E-state index is 0. The summed E-state index contributed by atoms with van der Waals surface area (Å²) in [6.45, 7) is 3.50. The molecule has 2 nitrogen and oxygen atoms in total. The Labute approximate surface area is 38.2 Å². The molecule has 0 fully saturated rings. The van der Waals surface area contributed by atoms with Crippen LogP contribution in [0.15, 0.2) is 0 Å². The van der Waals surface area contributed by atoms with Crippen molar-refractivity contribution < 1.29 is 19.5 Å². The minimum Gasteiger partial charge on any atom is -0.693 e. The van der Waals surface area contributed by atoms with Crippen molar-refractivity contribution in [3.05, 3.63) is 6.15 Å². The van der Waals surface area contributed by atoms with Gasteiger partial charge in [0, 0.05) is 26.1 Å². The number of rotatable bonds is 0. The Bertz CT molecular complexity index is 10.8. The van der Waals surface area contributed by atoms with Gasteiger partial charge < -0.3 is 6.15 Å². The average Bonchev–Trinajstić information content (AvgIpc) is 1.00. The topological polar surface area (TPSA) is 57.3 Å². The Morgan fingerprint density at radius 3 is 1.25 bits per heavy atom. The third kappa shape index (κ3) is 444. The fraction of sp³-hybridized carbons (Fsp3) is 0. The molecule has 0 aromatic carbocycles. The Hall–Kier alpha value is 0.0734. The summed E-state index contributed by atoms with van der Waals surface area (Å²) >= 11 is 0. The predicted octanol–water partition coefficient (Wildman–Crippen LogP) is 0.854. The van der Waals surface area contributed by atoms with Crippen LogP contribution >= 0.6 is 0 Å². The van der Waals surface area contributed by atoms with Crippen LogP contribution in [0.1, 0.15) is 0 Å². The van der Waals surface area contributed by atoms with Crippen molar-refractivity contribution in [2.45, 2.75) is 0 Å². The number of nitriles is 1. The van der Waals surface area contributed by atoms with Crippen LogP contribution in [0.5, 0.6) is 0 Å². The van der Waals surface area contributed by atoms with Gasteiger partial charge in [0.15, 0.2) is 0 Å². The van der Waals surface area contributed by atoms with Gasteiger partial charge in [0.2, 0.25) is 0 Å². The summed E-state index contributed by atoms with van der Waals surface area (Å²) in [5.41, 5.74) is 0. The standard InChI is InChI=1S/CHN.H2N.Zn/c1-2;;/h1H;1H2;/q;-1;. The average molecular weight is 108 g/mol. The normalized spacial score (nSPS) is 0.500. The first kappa shape index (κ1) is 33.4. The summed E-state index contributed by atoms with van der Waals surface area (Å²) in [6, 6.07) is 0. The van der Waals surface area contributed by atoms with E-state index in [9.17, 15) is 0 Å². The van der Waals surface area contributed by atoms with Crippen LogP contribution in [0.2, 0.25) is 0 Å². The summed E-state index contributed by atoms with van der Waals surface area (Å²) < 4.78 is 0. The minimum atomic E-state index is 0. The van der Waals surface area contributed by atoms with E-state index in [0.717, 1.165) is 0 Å². The zero-order valence-corrected chi connectivity index (χ0v) is 5.28. The van der Waals surface area contributed by atoms with E-state index in [-0.39, 0.29) is 25.6 Å². The monoisotopic (exact) mass is 107 g/mol. The Morgan fingerprint density at radius 2 is 1.25 bits per heavy atom. The predicted molar refractivity (Wildman–Crippen MR) is 12.0 cm³/mol. The third-order valence-electron chi connectivity index (χ3n) is 0. The number of hydrogen-bond acceptors (Lipinski definition) is 1. The largest absolute Gasteiger partial charge is 0.693 e. The van der Waals surface area contributed by atoms with Crippen molar-refractivity contribution >= 4 is 0 Å². The summed E-state index contributed by atoms with van der Waals surface area (Å²) in [4.78, 5) is 0. The molecule has 0 aliphatic heterocycles. The maximum absolute atomic E-state index is 6.50. The smallest absolute Gasteiger partial charge is 0.0462 e. The van der Waals surface area contributed by atoms with E-state index in [4.69, 9.17) is 5.26 Å². The molecule has 2 N–H and O–H groups in total. The van der Waals surface area contributed by atoms with Crippen LogP contribution in [0.25, 0.3) is 6.15 Å². The van der Waals surface area contributed by atoms with E-state index < -0.39 is 0 Å². The zero-order chi connectivity index (χ0) is 2.00. The Balaban J connectivity index is -0.00000000500. The van der Waals surface area contributed by atoms with E-state index in [1.54, 1.807) is 0 Å². The molecule has 3 heteroatoms. The zero-order valence-electron chi connectivity index (χ0n) is 2.31. The SMILES string of the molecule is C#N.[NH2-].[Zn]. The first-order valence-corrected chi connectivity index (χ1v) is 0.258. The molecule has 20 valence electrons. The van der Waals surface area contributed by atoms with Gasteiger partial charge >= 0.3 is 0 Å². The molecule has 0 rings (SSSR count). The van der Waals surface area contributed by atoms with Crippen molar-refractivity contribution in [3.8, 4) is 6.57 Å². The van der Waals surface area contributed by atoms with Gasteiger partial charge in [0.1, 0.15) is 0 Å². The summed E-state index contributed by atoms with van der Waals surface area (Å²) in [6.07, 6.45) is 0. The molecule has 0 amide bonds. The molecule has 0 unspecified atom stereocenters. The molecule has 0 aliphatic rings. The van der Waals surface area contributed by atoms with Crippen LogP contribution in [0.3, 0.4) is 0 Å². The van der Waals surface area contributed by atoms with Crippen molar-refractivity contribution in [2.24, 2.45) is 0 Å². The van der Waals surface area contributed by atoms with Crippen LogP contribution in [-0.2, 0) is 19.5 Å². The molecule has 0 saturated carbocycles. The Kier molecular flexibility index (Phi) is 20500. The molecule has 0 atom stereocenters. The van der Waals surface area contributed by atoms with Gasteiger partial charge in [-0.1, -0.05) is 0 Å². The first-order valence-electron chi connectivity index (χ1n) is 0.258. The summed E-state index contributed by atoms with van der Waals surface area (Å²) in [7, 11) is 0. The molecular weight excluding hydrogens is 105 g/mol. The number of nitrogens with two attached hydrogens (primary N) is 1. The maximum Gasteiger partial charge on any atom is 0.0462 e. The van der Waals surface area contributed by atoms with Gasteiger partial charge in [-0.15, -0.1) is 0 Å². The molecule has 0 radical (unpaired) electrons. The van der Waals surface area contributed by atoms with Crippen LogP contribution < -0.4 is 0 Å². The number of hydrogen-bond donors (Lipinski definition) is 0. The van der Waals surface area contributed by atoms with Gasteiger partial charge in [0.25, 0.3) is 0 Å². The van der Waals surface area contributed by atoms with Gasteiger partial charge in [-0.25, -0.2) is 5.26 Å². The first-order chi connectivity index (χ1) is 1.00. The number of nitrogens with zero attached hydrogens (tertiary/aromatic N) is 1. The second-order valence-corrected chi connectivity index (χ2v) is 0. The fourth-order valence-electron chi connectivity index (χ4n) is 0. The van der Waals surface area contributed by atoms with Gasteiger partial charge in [-0.05, 0) is 0 Å². The van der Waals surface area contributed by atoms with Crippen LogP contribution in [-0.4, -0.2) is 0 Å². The fourth-order valence-corrected chi connectivity index (χ4v) is 0. The second-order valence-electron chi connectivity index (χ2n) is 0. The molecule has 0 aliphatic carbocycles. The van der Waals surface area contributed by atoms with E-state index in [1.807, 2.05) is 0 Å². The second kappa shape index (κ2) is 2450. The molecule has 0 spiro atoms. The van der Waals surface area contributed by atoms with E-state index in [0.29, 0.717) is 0 Å². The van der Waals surface area contributed by atoms with E-state index in [1.165, 1.54) is 0 Å². The molecular formula is CH3N2Zn-. The van der Waals surface area contributed by atoms with Crippen molar-refractivity contribution in [1.82, 2.24) is 0 Å². The molecule has 0 saturated heterocycles. The maximum atomic E-state index is 6.50. The van der Waals surface area contributed by atoms with E-state index >= 15 is 0 Å². The van der Waals surface area contributed by atoms with Crippen LogP contribution in [0, 0.1) is 11.8 Å². The van der Waals surface area contributed by atoms with Gasteiger partial charge in [0.05, 0.1) is 0 Å². The molecule has 0 aromatic rings. The molecule has 4 heavy (non-hydrogen) atoms. The molecule has 0 heterocycles. The van der Waals surface area contributed by atoms with Crippen molar-refractivity contribution in [3.63, 3.8) is 0 Å². The summed E-state index contributed by atoms with van der Waals surface area (Å²) in [5, 5.41) is 6.50. The quantitative estimate of drug-likeness (QED) is 0.425. The van der Waals surface area contributed by atoms with Crippen molar-refractivity contribution in [1.29, 1.82) is 5.26 Å². The van der Waals surface area contributed by atoms with Crippen LogP contribution in [0.4, 0.5) is 0 Å². The molecule has 0 aromatic heterocycles. The summed E-state index contributed by atoms with van der Waals surface area (Å²) in [5.74, 6) is 0. The Morgan fingerprint density at radius 1 is 1.25 bits per heavy atom.